The molecule has 27 heavy (non-hydrogen) atoms. The third-order valence-electron chi connectivity index (χ3n) is 3.34. The molecule has 0 saturated carbocycles. The highest BCUT2D eigenvalue weighted by molar-refractivity contribution is 6.42. The largest absolute Gasteiger partial charge is 0.465 e. The molecular weight excluding hydrogens is 410 g/mol. The van der Waals surface area contributed by atoms with Gasteiger partial charge in [0.1, 0.15) is 11.4 Å². The summed E-state index contributed by atoms with van der Waals surface area (Å²) in [6, 6.07) is 4.54. The Morgan fingerprint density at radius 1 is 1.30 bits per heavy atom. The van der Waals surface area contributed by atoms with Crippen molar-refractivity contribution >= 4 is 46.7 Å². The highest BCUT2D eigenvalue weighted by Gasteiger charge is 2.35. The van der Waals surface area contributed by atoms with Crippen LogP contribution in [0.3, 0.4) is 0 Å². The van der Waals surface area contributed by atoms with Gasteiger partial charge in [0.25, 0.3) is 0 Å². The van der Waals surface area contributed by atoms with E-state index in [2.05, 4.69) is 20.6 Å². The first-order valence-electron chi connectivity index (χ1n) is 7.42. The number of nitrogens with one attached hydrogen (secondary N) is 2. The molecule has 0 spiro atoms. The SMILES string of the molecule is CN(CCNc1nc(Nc2ccc(Cl)c(Cl)c2)ncc1C(F)(F)F)C(=O)O. The van der Waals surface area contributed by atoms with Crippen LogP contribution < -0.4 is 10.6 Å². The summed E-state index contributed by atoms with van der Waals surface area (Å²) in [6.07, 6.45) is -5.24. The lowest BCUT2D eigenvalue weighted by atomic mass is 10.3. The summed E-state index contributed by atoms with van der Waals surface area (Å²) >= 11 is 11.7. The van der Waals surface area contributed by atoms with Crippen molar-refractivity contribution in [2.24, 2.45) is 0 Å². The fraction of sp³-hybridized carbons (Fsp3) is 0.267. The number of aromatic nitrogens is 2. The maximum absolute atomic E-state index is 13.1. The van der Waals surface area contributed by atoms with E-state index >= 15 is 0 Å². The zero-order valence-electron chi connectivity index (χ0n) is 13.8. The van der Waals surface area contributed by atoms with Gasteiger partial charge in [0.05, 0.1) is 10.0 Å². The zero-order chi connectivity index (χ0) is 20.2. The number of benzene rings is 1. The second-order valence-corrected chi connectivity index (χ2v) is 6.15. The molecule has 0 fully saturated rings. The number of likely N-dealkylation sites (N-methyl/N-ethyl adjacent to an activating group) is 1. The fourth-order valence-electron chi connectivity index (χ4n) is 1.92. The average molecular weight is 424 g/mol. The molecule has 2 aromatic rings. The highest BCUT2D eigenvalue weighted by atomic mass is 35.5. The number of alkyl halides is 3. The smallest absolute Gasteiger partial charge is 0.421 e. The van der Waals surface area contributed by atoms with Gasteiger partial charge in [-0.1, -0.05) is 23.2 Å². The number of hydrogen-bond donors (Lipinski definition) is 3. The van der Waals surface area contributed by atoms with Crippen LogP contribution in [0.4, 0.5) is 35.4 Å². The molecule has 2 rings (SSSR count). The topological polar surface area (TPSA) is 90.4 Å². The van der Waals surface area contributed by atoms with Crippen molar-refractivity contribution in [3.63, 3.8) is 0 Å². The number of nitrogens with zero attached hydrogens (tertiary/aromatic N) is 3. The van der Waals surface area contributed by atoms with Gasteiger partial charge in [-0.2, -0.15) is 18.2 Å². The molecule has 0 atom stereocenters. The summed E-state index contributed by atoms with van der Waals surface area (Å²) in [7, 11) is 1.30. The van der Waals surface area contributed by atoms with Gasteiger partial charge in [0.2, 0.25) is 5.95 Å². The van der Waals surface area contributed by atoms with Gasteiger partial charge in [0, 0.05) is 32.0 Å². The van der Waals surface area contributed by atoms with Crippen molar-refractivity contribution in [3.05, 3.63) is 40.0 Å². The Labute approximate surface area is 162 Å². The lowest BCUT2D eigenvalue weighted by molar-refractivity contribution is -0.137. The monoisotopic (exact) mass is 423 g/mol. The normalized spacial score (nSPS) is 11.2. The number of halogens is 5. The van der Waals surface area contributed by atoms with Gasteiger partial charge in [-0.25, -0.2) is 9.78 Å². The van der Waals surface area contributed by atoms with Crippen molar-refractivity contribution in [2.75, 3.05) is 30.8 Å². The minimum absolute atomic E-state index is 0.0355. The molecule has 0 unspecified atom stereocenters. The Balaban J connectivity index is 2.22. The van der Waals surface area contributed by atoms with Gasteiger partial charge >= 0.3 is 12.3 Å². The Morgan fingerprint density at radius 3 is 2.59 bits per heavy atom. The van der Waals surface area contributed by atoms with Gasteiger partial charge in [-0.3, -0.25) is 0 Å². The molecule has 0 radical (unpaired) electrons. The van der Waals surface area contributed by atoms with E-state index in [9.17, 15) is 18.0 Å². The van der Waals surface area contributed by atoms with Crippen LogP contribution in [0.15, 0.2) is 24.4 Å². The van der Waals surface area contributed by atoms with E-state index in [4.69, 9.17) is 28.3 Å². The molecule has 7 nitrogen and oxygen atoms in total. The summed E-state index contributed by atoms with van der Waals surface area (Å²) < 4.78 is 39.4. The van der Waals surface area contributed by atoms with Gasteiger partial charge < -0.3 is 20.6 Å². The van der Waals surface area contributed by atoms with Crippen molar-refractivity contribution in [2.45, 2.75) is 6.18 Å². The van der Waals surface area contributed by atoms with Crippen molar-refractivity contribution in [1.29, 1.82) is 0 Å². The quantitative estimate of drug-likeness (QED) is 0.630. The summed E-state index contributed by atoms with van der Waals surface area (Å²) in [5, 5.41) is 14.6. The molecule has 1 heterocycles. The van der Waals surface area contributed by atoms with Gasteiger partial charge in [0.15, 0.2) is 0 Å². The van der Waals surface area contributed by atoms with Crippen molar-refractivity contribution < 1.29 is 23.1 Å². The third-order valence-corrected chi connectivity index (χ3v) is 4.08. The summed E-state index contributed by atoms with van der Waals surface area (Å²) in [6.45, 7) is -0.110. The first-order chi connectivity index (χ1) is 12.6. The van der Waals surface area contributed by atoms with E-state index in [1.54, 1.807) is 6.07 Å². The minimum Gasteiger partial charge on any atom is -0.465 e. The number of anilines is 3. The maximum atomic E-state index is 13.1. The van der Waals surface area contributed by atoms with E-state index in [0.29, 0.717) is 16.9 Å². The van der Waals surface area contributed by atoms with E-state index in [-0.39, 0.29) is 24.1 Å². The Bertz CT molecular complexity index is 836. The maximum Gasteiger partial charge on any atom is 0.421 e. The number of hydrogen-bond acceptors (Lipinski definition) is 5. The lowest BCUT2D eigenvalue weighted by Gasteiger charge is -2.17. The molecule has 0 bridgehead atoms. The number of carboxylic acid groups (broad SMARTS) is 1. The van der Waals surface area contributed by atoms with Crippen LogP contribution in [0.5, 0.6) is 0 Å². The molecular formula is C15H14Cl2F3N5O2. The number of amides is 1. The van der Waals surface area contributed by atoms with Crippen molar-refractivity contribution in [1.82, 2.24) is 14.9 Å². The molecule has 3 N–H and O–H groups in total. The van der Waals surface area contributed by atoms with Crippen LogP contribution in [-0.2, 0) is 6.18 Å². The van der Waals surface area contributed by atoms with Crippen molar-refractivity contribution in [3.8, 4) is 0 Å². The molecule has 1 aromatic carbocycles. The standard InChI is InChI=1S/C15H14Cl2F3N5O2/c1-25(14(26)27)5-4-21-12-9(15(18,19)20)7-22-13(24-12)23-8-2-3-10(16)11(17)6-8/h2-3,6-7H,4-5H2,1H3,(H,26,27)(H2,21,22,23,24). The predicted molar refractivity (Wildman–Crippen MR) is 95.9 cm³/mol. The molecule has 0 saturated heterocycles. The van der Waals surface area contributed by atoms with E-state index in [1.165, 1.54) is 19.2 Å². The van der Waals surface area contributed by atoms with Crippen LogP contribution in [0.25, 0.3) is 0 Å². The summed E-state index contributed by atoms with van der Waals surface area (Å²) in [5.41, 5.74) is -0.638. The van der Waals surface area contributed by atoms with Crippen LogP contribution in [-0.4, -0.2) is 46.2 Å². The molecule has 1 amide bonds. The van der Waals surface area contributed by atoms with E-state index in [1.807, 2.05) is 0 Å². The Hall–Kier alpha value is -2.46. The Morgan fingerprint density at radius 2 is 2.00 bits per heavy atom. The molecule has 0 aliphatic carbocycles. The minimum atomic E-state index is -4.68. The zero-order valence-corrected chi connectivity index (χ0v) is 15.3. The second kappa shape index (κ2) is 8.49. The van der Waals surface area contributed by atoms with Crippen LogP contribution in [0, 0.1) is 0 Å². The predicted octanol–water partition coefficient (Wildman–Crippen LogP) is 4.57. The van der Waals surface area contributed by atoms with Gasteiger partial charge in [-0.05, 0) is 18.2 Å². The van der Waals surface area contributed by atoms with Crippen LogP contribution in [0.2, 0.25) is 10.0 Å². The molecule has 0 aliphatic rings. The average Bonchev–Trinajstić information content (AvgIpc) is 2.57. The Kier molecular flexibility index (Phi) is 6.55. The van der Waals surface area contributed by atoms with Crippen LogP contribution >= 0.6 is 23.2 Å². The summed E-state index contributed by atoms with van der Waals surface area (Å²) in [5.74, 6) is -0.575. The van der Waals surface area contributed by atoms with Gasteiger partial charge in [-0.15, -0.1) is 0 Å². The van der Waals surface area contributed by atoms with E-state index in [0.717, 1.165) is 4.90 Å². The molecule has 146 valence electrons. The van der Waals surface area contributed by atoms with Crippen LogP contribution in [0.1, 0.15) is 5.56 Å². The first kappa shape index (κ1) is 20.8. The number of rotatable bonds is 6. The molecule has 0 aliphatic heterocycles. The molecule has 1 aromatic heterocycles. The van der Waals surface area contributed by atoms with E-state index < -0.39 is 23.7 Å². The first-order valence-corrected chi connectivity index (χ1v) is 8.17. The number of carbonyl (C=O) groups is 1. The lowest BCUT2D eigenvalue weighted by Crippen LogP contribution is -2.30. The third kappa shape index (κ3) is 5.76. The highest BCUT2D eigenvalue weighted by Crippen LogP contribution is 2.34. The molecule has 12 heteroatoms. The summed E-state index contributed by atoms with van der Waals surface area (Å²) in [4.78, 5) is 19.2. The fourth-order valence-corrected chi connectivity index (χ4v) is 2.22. The second-order valence-electron chi connectivity index (χ2n) is 5.34.